The van der Waals surface area contributed by atoms with E-state index in [0.717, 1.165) is 10.9 Å². The molecule has 5 atom stereocenters. The fraction of sp³-hybridized carbons (Fsp3) is 0.290. The van der Waals surface area contributed by atoms with E-state index in [4.69, 9.17) is 29.2 Å². The summed E-state index contributed by atoms with van der Waals surface area (Å²) in [4.78, 5) is 38.2. The van der Waals surface area contributed by atoms with Crippen LogP contribution in [0.4, 0.5) is 5.82 Å². The van der Waals surface area contributed by atoms with E-state index in [1.165, 1.54) is 20.4 Å². The number of aromatic nitrogens is 4. The van der Waals surface area contributed by atoms with Crippen molar-refractivity contribution in [2.24, 2.45) is 4.74 Å². The van der Waals surface area contributed by atoms with E-state index in [0.29, 0.717) is 16.6 Å². The number of hydrogen-bond acceptors (Lipinski definition) is 13. The second-order valence-electron chi connectivity index (χ2n) is 10.5. The molecule has 1 unspecified atom stereocenters. The first-order valence-electron chi connectivity index (χ1n) is 14.4. The summed E-state index contributed by atoms with van der Waals surface area (Å²) in [6.07, 6.45) is -0.535. The van der Waals surface area contributed by atoms with Crippen LogP contribution in [0, 0.1) is 0 Å². The number of rotatable bonds is 11. The van der Waals surface area contributed by atoms with Crippen LogP contribution in [0.15, 0.2) is 77.8 Å². The second kappa shape index (κ2) is 13.6. The fourth-order valence-corrected chi connectivity index (χ4v) is 5.80. The van der Waals surface area contributed by atoms with E-state index >= 15 is 0 Å². The summed E-state index contributed by atoms with van der Waals surface area (Å²) in [5, 5.41) is 12.3. The Morgan fingerprint density at radius 1 is 1.17 bits per heavy atom. The molecule has 15 heteroatoms. The van der Waals surface area contributed by atoms with Gasteiger partial charge in [0.2, 0.25) is 5.75 Å². The third-order valence-corrected chi connectivity index (χ3v) is 8.19. The highest BCUT2D eigenvalue weighted by Crippen LogP contribution is 2.41. The van der Waals surface area contributed by atoms with Gasteiger partial charge in [-0.3, -0.25) is 9.09 Å². The third-order valence-electron chi connectivity index (χ3n) is 7.32. The van der Waals surface area contributed by atoms with Crippen LogP contribution >= 0.6 is 8.17 Å². The second-order valence-corrected chi connectivity index (χ2v) is 11.4. The largest absolute Gasteiger partial charge is 0.575 e. The quantitative estimate of drug-likeness (QED) is 0.157. The molecular formula is C31H31N6O8P. The molecule has 0 radical (unpaired) electrons. The smallest absolute Gasteiger partial charge is 0.395 e. The van der Waals surface area contributed by atoms with Crippen molar-refractivity contribution < 1.29 is 38.3 Å². The number of esters is 1. The molecule has 6 rings (SSSR count). The Bertz CT molecular complexity index is 1890. The number of carbonyl (C=O) groups is 1. The molecule has 0 saturated carbocycles. The molecule has 1 aliphatic heterocycles. The Balaban J connectivity index is 1.16. The number of methoxy groups -OCH3 is 1. The van der Waals surface area contributed by atoms with Gasteiger partial charge in [0, 0.05) is 11.8 Å². The van der Waals surface area contributed by atoms with Gasteiger partial charge in [0.05, 0.1) is 19.5 Å². The van der Waals surface area contributed by atoms with E-state index in [-0.39, 0.29) is 43.0 Å². The molecule has 0 amide bonds. The number of anilines is 1. The summed E-state index contributed by atoms with van der Waals surface area (Å²) in [5.41, 5.74) is 7.52. The highest BCUT2D eigenvalue weighted by molar-refractivity contribution is 7.34. The standard InChI is InChI=1S/C31H31N6O8P/c1-18(30(39)43-15-19-8-4-3-5-9-19)36-46(40)45-26-22-11-7-6-10-20(22)12-13-24(26)42-16-21-14-23(38)29(44-21)37-17-33-25-27(32)34-31(41-2)35-28(25)37/h3-13,17-18,21,23,29,38H,14-16H2,1-2H3,(H2,32,34,35)/t18-,21-,23+,29+/m0/s1. The third kappa shape index (κ3) is 6.70. The van der Waals surface area contributed by atoms with E-state index in [1.807, 2.05) is 54.6 Å². The molecule has 46 heavy (non-hydrogen) atoms. The number of hydrogen-bond donors (Lipinski definition) is 2. The van der Waals surface area contributed by atoms with Gasteiger partial charge in [-0.05, 0) is 23.9 Å². The minimum absolute atomic E-state index is 0.0332. The Labute approximate surface area is 264 Å². The number of nitrogens with zero attached hydrogens (tertiary/aromatic N) is 5. The summed E-state index contributed by atoms with van der Waals surface area (Å²) in [5.74, 6) is -0.00508. The van der Waals surface area contributed by atoms with Crippen LogP contribution in [-0.4, -0.2) is 62.6 Å². The van der Waals surface area contributed by atoms with Gasteiger partial charge in [-0.15, -0.1) is 0 Å². The number of aliphatic hydroxyl groups is 1. The van der Waals surface area contributed by atoms with Crippen LogP contribution in [0.2, 0.25) is 0 Å². The topological polar surface area (TPSA) is 188 Å². The van der Waals surface area contributed by atoms with Crippen molar-refractivity contribution in [3.8, 4) is 17.5 Å². The molecule has 2 aromatic heterocycles. The van der Waals surface area contributed by atoms with Gasteiger partial charge in [0.1, 0.15) is 19.3 Å². The maximum absolute atomic E-state index is 13.1. The maximum Gasteiger partial charge on any atom is 0.395 e. The highest BCUT2D eigenvalue weighted by atomic mass is 31.1. The Hall–Kier alpha value is -4.88. The van der Waals surface area contributed by atoms with Gasteiger partial charge in [0.15, 0.2) is 35.0 Å². The Morgan fingerprint density at radius 3 is 2.76 bits per heavy atom. The van der Waals surface area contributed by atoms with Crippen molar-refractivity contribution in [3.63, 3.8) is 0 Å². The molecular weight excluding hydrogens is 615 g/mol. The van der Waals surface area contributed by atoms with Crippen LogP contribution in [0.5, 0.6) is 17.5 Å². The minimum atomic E-state index is -2.69. The Kier molecular flexibility index (Phi) is 9.22. The number of fused-ring (bicyclic) bond motifs is 2. The van der Waals surface area contributed by atoms with Crippen molar-refractivity contribution in [1.82, 2.24) is 19.5 Å². The molecule has 1 aliphatic rings. The van der Waals surface area contributed by atoms with Crippen LogP contribution in [0.1, 0.15) is 25.1 Å². The number of imidazole rings is 1. The van der Waals surface area contributed by atoms with Gasteiger partial charge in [-0.2, -0.15) is 9.97 Å². The lowest BCUT2D eigenvalue weighted by atomic mass is 10.1. The number of nitrogens with two attached hydrogens (primary N) is 1. The summed E-state index contributed by atoms with van der Waals surface area (Å²) in [7, 11) is -1.26. The zero-order chi connectivity index (χ0) is 32.2. The summed E-state index contributed by atoms with van der Waals surface area (Å²) < 4.78 is 34.1. The molecule has 0 bridgehead atoms. The lowest BCUT2D eigenvalue weighted by Crippen LogP contribution is -2.20. The molecule has 1 saturated heterocycles. The first kappa shape index (κ1) is 31.1. The molecule has 238 valence electrons. The van der Waals surface area contributed by atoms with Crippen molar-refractivity contribution in [3.05, 3.63) is 78.6 Å². The van der Waals surface area contributed by atoms with E-state index in [1.54, 1.807) is 16.7 Å². The van der Waals surface area contributed by atoms with Gasteiger partial charge >= 0.3 is 20.1 Å². The lowest BCUT2D eigenvalue weighted by molar-refractivity contribution is -0.169. The number of ether oxygens (including phenoxy) is 4. The lowest BCUT2D eigenvalue weighted by Gasteiger charge is -2.18. The zero-order valence-corrected chi connectivity index (χ0v) is 25.8. The van der Waals surface area contributed by atoms with Crippen LogP contribution in [0.25, 0.3) is 21.9 Å². The van der Waals surface area contributed by atoms with Gasteiger partial charge in [-0.25, -0.2) is 9.78 Å². The average Bonchev–Trinajstić information content (AvgIpc) is 3.66. The SMILES string of the molecule is COc1nc(N)c2ncn([C@@H]3O[C@H](COc4ccc5ccccc5c4O[P+]([O-])=N[C@@H](C)C(=O)OCc4ccccc4)C[C@H]3O)c2n1. The van der Waals surface area contributed by atoms with Crippen LogP contribution in [0.3, 0.4) is 0 Å². The molecule has 0 spiro atoms. The van der Waals surface area contributed by atoms with E-state index in [2.05, 4.69) is 19.7 Å². The van der Waals surface area contributed by atoms with Crippen molar-refractivity contribution in [2.45, 2.75) is 44.4 Å². The predicted molar refractivity (Wildman–Crippen MR) is 166 cm³/mol. The van der Waals surface area contributed by atoms with Crippen LogP contribution < -0.4 is 24.6 Å². The first-order valence-corrected chi connectivity index (χ1v) is 15.5. The molecule has 0 aliphatic carbocycles. The zero-order valence-electron chi connectivity index (χ0n) is 24.9. The fourth-order valence-electron chi connectivity index (χ4n) is 5.04. The van der Waals surface area contributed by atoms with E-state index in [9.17, 15) is 14.8 Å². The molecule has 5 aromatic rings. The predicted octanol–water partition coefficient (Wildman–Crippen LogP) is 3.66. The van der Waals surface area contributed by atoms with Crippen molar-refractivity contribution in [2.75, 3.05) is 19.5 Å². The maximum atomic E-state index is 13.1. The van der Waals surface area contributed by atoms with E-state index < -0.39 is 38.6 Å². The number of aliphatic hydroxyl groups excluding tert-OH is 1. The summed E-state index contributed by atoms with van der Waals surface area (Å²) >= 11 is 0. The molecule has 14 nitrogen and oxygen atoms in total. The highest BCUT2D eigenvalue weighted by Gasteiger charge is 2.37. The molecule has 3 aromatic carbocycles. The minimum Gasteiger partial charge on any atom is -0.575 e. The van der Waals surface area contributed by atoms with Gasteiger partial charge in [0.25, 0.3) is 0 Å². The monoisotopic (exact) mass is 646 g/mol. The average molecular weight is 647 g/mol. The summed E-state index contributed by atoms with van der Waals surface area (Å²) in [6, 6.07) is 19.1. The molecule has 1 fully saturated rings. The van der Waals surface area contributed by atoms with Crippen molar-refractivity contribution >= 4 is 41.9 Å². The number of benzene rings is 3. The van der Waals surface area contributed by atoms with Gasteiger partial charge < -0.3 is 34.7 Å². The number of nitrogen functional groups attached to an aromatic ring is 1. The number of carbonyl (C=O) groups excluding carboxylic acids is 1. The molecule has 3 N–H and O–H groups in total. The van der Waals surface area contributed by atoms with Crippen molar-refractivity contribution in [1.29, 1.82) is 0 Å². The van der Waals surface area contributed by atoms with Gasteiger partial charge in [-0.1, -0.05) is 65.4 Å². The van der Waals surface area contributed by atoms with Crippen LogP contribution in [-0.2, 0) is 20.9 Å². The normalized spacial score (nSPS) is 18.9. The first-order chi connectivity index (χ1) is 22.3. The summed E-state index contributed by atoms with van der Waals surface area (Å²) in [6.45, 7) is 1.60. The molecule has 3 heterocycles. The Morgan fingerprint density at radius 2 is 1.96 bits per heavy atom.